The number of rotatable bonds is 4. The molecule has 0 fully saturated rings. The first kappa shape index (κ1) is 13.5. The third-order valence-corrected chi connectivity index (χ3v) is 2.99. The van der Waals surface area contributed by atoms with E-state index in [0.29, 0.717) is 17.1 Å². The lowest BCUT2D eigenvalue weighted by molar-refractivity contribution is -0.117. The van der Waals surface area contributed by atoms with Gasteiger partial charge in [-0.2, -0.15) is 0 Å². The second-order valence-corrected chi connectivity index (χ2v) is 4.55. The molecule has 0 unspecified atom stereocenters. The molecule has 0 radical (unpaired) electrons. The molecule has 2 aromatic rings. The quantitative estimate of drug-likeness (QED) is 0.899. The summed E-state index contributed by atoms with van der Waals surface area (Å²) in [4.78, 5) is 15.8. The first-order valence-electron chi connectivity index (χ1n) is 5.86. The van der Waals surface area contributed by atoms with Crippen molar-refractivity contribution in [1.29, 1.82) is 0 Å². The van der Waals surface area contributed by atoms with Crippen LogP contribution >= 0.6 is 11.6 Å². The van der Waals surface area contributed by atoms with Gasteiger partial charge in [-0.3, -0.25) is 9.78 Å². The Kier molecular flexibility index (Phi) is 4.49. The summed E-state index contributed by atoms with van der Waals surface area (Å²) in [6, 6.07) is 10.6. The van der Waals surface area contributed by atoms with Crippen LogP contribution in [0.3, 0.4) is 0 Å². The number of nitrogens with two attached hydrogens (primary N) is 1. The van der Waals surface area contributed by atoms with E-state index in [0.717, 1.165) is 5.56 Å². The van der Waals surface area contributed by atoms with Gasteiger partial charge in [0.1, 0.15) is 0 Å². The molecule has 3 N–H and O–H groups in total. The fraction of sp³-hybridized carbons (Fsp3) is 0.143. The molecule has 0 aliphatic rings. The van der Waals surface area contributed by atoms with Crippen LogP contribution in [0.2, 0.25) is 5.02 Å². The maximum atomic E-state index is 11.9. The molecule has 0 aliphatic heterocycles. The van der Waals surface area contributed by atoms with Gasteiger partial charge in [0, 0.05) is 6.20 Å². The monoisotopic (exact) mass is 275 g/mol. The molecule has 0 spiro atoms. The Bertz CT molecular complexity index is 560. The van der Waals surface area contributed by atoms with E-state index in [2.05, 4.69) is 10.3 Å². The maximum Gasteiger partial charge on any atom is 0.241 e. The van der Waals surface area contributed by atoms with Gasteiger partial charge in [0.25, 0.3) is 0 Å². The number of pyridine rings is 1. The number of carbonyl (C=O) groups excluding carboxylic acids is 1. The molecule has 2 rings (SSSR count). The third-order valence-electron chi connectivity index (χ3n) is 2.66. The predicted octanol–water partition coefficient (Wildman–Crippen LogP) is 2.24. The molecule has 19 heavy (non-hydrogen) atoms. The largest absolute Gasteiger partial charge is 0.322 e. The van der Waals surface area contributed by atoms with Gasteiger partial charge in [0.15, 0.2) is 0 Å². The number of hydrogen-bond acceptors (Lipinski definition) is 3. The second-order valence-electron chi connectivity index (χ2n) is 4.14. The highest BCUT2D eigenvalue weighted by molar-refractivity contribution is 6.33. The second kappa shape index (κ2) is 6.31. The molecular formula is C14H14ClN3O. The zero-order valence-corrected chi connectivity index (χ0v) is 11.0. The van der Waals surface area contributed by atoms with Crippen LogP contribution in [0.25, 0.3) is 0 Å². The van der Waals surface area contributed by atoms with Crippen molar-refractivity contribution in [3.8, 4) is 0 Å². The molecule has 1 atom stereocenters. The van der Waals surface area contributed by atoms with Crippen LogP contribution in [0.15, 0.2) is 48.8 Å². The van der Waals surface area contributed by atoms with E-state index in [1.807, 2.05) is 30.3 Å². The summed E-state index contributed by atoms with van der Waals surface area (Å²) in [6.45, 7) is 0. The molecule has 0 aliphatic carbocycles. The number of carbonyl (C=O) groups is 1. The van der Waals surface area contributed by atoms with E-state index in [1.54, 1.807) is 12.3 Å². The van der Waals surface area contributed by atoms with Gasteiger partial charge in [-0.1, -0.05) is 41.9 Å². The fourth-order valence-electron chi connectivity index (χ4n) is 1.66. The molecular weight excluding hydrogens is 262 g/mol. The highest BCUT2D eigenvalue weighted by atomic mass is 35.5. The minimum absolute atomic E-state index is 0.279. The first-order chi connectivity index (χ1) is 9.16. The zero-order valence-electron chi connectivity index (χ0n) is 10.2. The third kappa shape index (κ3) is 3.77. The van der Waals surface area contributed by atoms with E-state index in [1.165, 1.54) is 6.20 Å². The van der Waals surface area contributed by atoms with E-state index in [-0.39, 0.29) is 5.91 Å². The number of anilines is 1. The van der Waals surface area contributed by atoms with Crippen molar-refractivity contribution in [2.75, 3.05) is 5.32 Å². The van der Waals surface area contributed by atoms with Crippen LogP contribution in [0.4, 0.5) is 5.69 Å². The van der Waals surface area contributed by atoms with Crippen LogP contribution in [0, 0.1) is 0 Å². The van der Waals surface area contributed by atoms with Gasteiger partial charge in [-0.25, -0.2) is 0 Å². The number of hydrogen-bond donors (Lipinski definition) is 2. The highest BCUT2D eigenvalue weighted by Gasteiger charge is 2.15. The lowest BCUT2D eigenvalue weighted by Crippen LogP contribution is -2.37. The molecule has 5 heteroatoms. The Hall–Kier alpha value is -1.91. The number of nitrogens with one attached hydrogen (secondary N) is 1. The van der Waals surface area contributed by atoms with Gasteiger partial charge in [-0.05, 0) is 18.1 Å². The maximum absolute atomic E-state index is 11.9. The summed E-state index contributed by atoms with van der Waals surface area (Å²) in [5, 5.41) is 3.11. The molecule has 0 bridgehead atoms. The lowest BCUT2D eigenvalue weighted by Gasteiger charge is -2.12. The van der Waals surface area contributed by atoms with Crippen molar-refractivity contribution in [2.24, 2.45) is 5.73 Å². The Morgan fingerprint density at radius 1 is 1.32 bits per heavy atom. The van der Waals surface area contributed by atoms with Crippen molar-refractivity contribution < 1.29 is 4.79 Å². The van der Waals surface area contributed by atoms with E-state index in [9.17, 15) is 4.79 Å². The minimum Gasteiger partial charge on any atom is -0.322 e. The summed E-state index contributed by atoms with van der Waals surface area (Å²) in [5.74, 6) is -0.279. The summed E-state index contributed by atoms with van der Waals surface area (Å²) in [5.41, 5.74) is 7.36. The fourth-order valence-corrected chi connectivity index (χ4v) is 1.81. The molecule has 0 saturated heterocycles. The smallest absolute Gasteiger partial charge is 0.241 e. The Morgan fingerprint density at radius 3 is 2.74 bits per heavy atom. The van der Waals surface area contributed by atoms with Crippen LogP contribution in [0.1, 0.15) is 5.56 Å². The molecule has 98 valence electrons. The van der Waals surface area contributed by atoms with Gasteiger partial charge in [0.05, 0.1) is 22.9 Å². The van der Waals surface area contributed by atoms with E-state index >= 15 is 0 Å². The number of nitrogens with zero attached hydrogens (tertiary/aromatic N) is 1. The lowest BCUT2D eigenvalue weighted by atomic mass is 10.1. The number of aromatic nitrogens is 1. The van der Waals surface area contributed by atoms with Gasteiger partial charge in [0.2, 0.25) is 5.91 Å². The minimum atomic E-state index is -0.626. The van der Waals surface area contributed by atoms with Crippen LogP contribution < -0.4 is 11.1 Å². The first-order valence-corrected chi connectivity index (χ1v) is 6.24. The molecule has 4 nitrogen and oxygen atoms in total. The number of benzene rings is 1. The number of halogens is 1. The van der Waals surface area contributed by atoms with Crippen molar-refractivity contribution in [3.63, 3.8) is 0 Å². The van der Waals surface area contributed by atoms with Crippen LogP contribution in [-0.4, -0.2) is 16.9 Å². The molecule has 1 amide bonds. The molecule has 1 heterocycles. The van der Waals surface area contributed by atoms with E-state index in [4.69, 9.17) is 17.3 Å². The Balaban J connectivity index is 1.99. The predicted molar refractivity (Wildman–Crippen MR) is 76.0 cm³/mol. The summed E-state index contributed by atoms with van der Waals surface area (Å²) in [6.07, 6.45) is 3.53. The zero-order chi connectivity index (χ0) is 13.7. The van der Waals surface area contributed by atoms with Crippen molar-refractivity contribution in [2.45, 2.75) is 12.5 Å². The van der Waals surface area contributed by atoms with Crippen molar-refractivity contribution in [1.82, 2.24) is 4.98 Å². The van der Waals surface area contributed by atoms with Crippen LogP contribution in [0.5, 0.6) is 0 Å². The average Bonchev–Trinajstić information content (AvgIpc) is 2.42. The van der Waals surface area contributed by atoms with Gasteiger partial charge in [-0.15, -0.1) is 0 Å². The Labute approximate surface area is 116 Å². The topological polar surface area (TPSA) is 68.0 Å². The van der Waals surface area contributed by atoms with Crippen LogP contribution in [-0.2, 0) is 11.2 Å². The summed E-state index contributed by atoms with van der Waals surface area (Å²) >= 11 is 5.94. The van der Waals surface area contributed by atoms with Gasteiger partial charge >= 0.3 is 0 Å². The SMILES string of the molecule is N[C@H](Cc1ccccc1)C(=O)Nc1cnccc1Cl. The highest BCUT2D eigenvalue weighted by Crippen LogP contribution is 2.19. The molecule has 1 aromatic heterocycles. The molecule has 1 aromatic carbocycles. The van der Waals surface area contributed by atoms with Crippen molar-refractivity contribution >= 4 is 23.2 Å². The summed E-state index contributed by atoms with van der Waals surface area (Å²) < 4.78 is 0. The average molecular weight is 276 g/mol. The standard InChI is InChI=1S/C14H14ClN3O/c15-11-6-7-17-9-13(11)18-14(19)12(16)8-10-4-2-1-3-5-10/h1-7,9,12H,8,16H2,(H,18,19)/t12-/m1/s1. The Morgan fingerprint density at radius 2 is 2.05 bits per heavy atom. The van der Waals surface area contributed by atoms with Gasteiger partial charge < -0.3 is 11.1 Å². The van der Waals surface area contributed by atoms with Crippen molar-refractivity contribution in [3.05, 3.63) is 59.4 Å². The molecule has 0 saturated carbocycles. The van der Waals surface area contributed by atoms with E-state index < -0.39 is 6.04 Å². The summed E-state index contributed by atoms with van der Waals surface area (Å²) in [7, 11) is 0. The normalized spacial score (nSPS) is 11.9. The number of amides is 1.